The molecule has 19 heavy (non-hydrogen) atoms. The molecule has 2 heterocycles. The fraction of sp³-hybridized carbons (Fsp3) is 0.500. The van der Waals surface area contributed by atoms with Crippen LogP contribution in [-0.2, 0) is 4.79 Å². The number of amides is 1. The molecule has 7 nitrogen and oxygen atoms in total. The highest BCUT2D eigenvalue weighted by Gasteiger charge is 2.19. The second kappa shape index (κ2) is 6.12. The van der Waals surface area contributed by atoms with Gasteiger partial charge in [0.05, 0.1) is 0 Å². The predicted molar refractivity (Wildman–Crippen MR) is 67.9 cm³/mol. The minimum Gasteiger partial charge on any atom is -0.477 e. The van der Waals surface area contributed by atoms with Gasteiger partial charge in [0, 0.05) is 32.3 Å². The average molecular weight is 264 g/mol. The maximum atomic E-state index is 11.4. The fourth-order valence-corrected chi connectivity index (χ4v) is 2.04. The molecule has 102 valence electrons. The second-order valence-corrected chi connectivity index (χ2v) is 4.35. The molecule has 1 aromatic heterocycles. The topological polar surface area (TPSA) is 95.4 Å². The molecule has 0 aliphatic carbocycles. The van der Waals surface area contributed by atoms with Crippen LogP contribution in [0.4, 0.5) is 5.82 Å². The molecular formula is C12H16N4O3. The number of aromatic nitrogens is 2. The van der Waals surface area contributed by atoms with Crippen LogP contribution >= 0.6 is 0 Å². The van der Waals surface area contributed by atoms with Crippen LogP contribution in [0.3, 0.4) is 0 Å². The molecule has 0 saturated carbocycles. The number of nitrogens with one attached hydrogen (secondary N) is 1. The SMILES string of the molecule is O=C(O)c1cncnc1NCCCN1CCCC1=O. The van der Waals surface area contributed by atoms with Crippen LogP contribution in [0.25, 0.3) is 0 Å². The number of hydrogen-bond acceptors (Lipinski definition) is 5. The van der Waals surface area contributed by atoms with E-state index in [0.717, 1.165) is 19.4 Å². The monoisotopic (exact) mass is 264 g/mol. The van der Waals surface area contributed by atoms with E-state index in [1.165, 1.54) is 12.5 Å². The number of likely N-dealkylation sites (tertiary alicyclic amines) is 1. The molecular weight excluding hydrogens is 248 g/mol. The first-order valence-electron chi connectivity index (χ1n) is 6.23. The van der Waals surface area contributed by atoms with E-state index >= 15 is 0 Å². The van der Waals surface area contributed by atoms with E-state index in [4.69, 9.17) is 5.11 Å². The van der Waals surface area contributed by atoms with E-state index in [-0.39, 0.29) is 11.5 Å². The van der Waals surface area contributed by atoms with Crippen molar-refractivity contribution in [3.05, 3.63) is 18.1 Å². The third-order valence-corrected chi connectivity index (χ3v) is 3.01. The number of aromatic carboxylic acids is 1. The molecule has 0 atom stereocenters. The third-order valence-electron chi connectivity index (χ3n) is 3.01. The van der Waals surface area contributed by atoms with Gasteiger partial charge in [-0.15, -0.1) is 0 Å². The van der Waals surface area contributed by atoms with E-state index in [1.807, 2.05) is 4.90 Å². The molecule has 0 aromatic carbocycles. The van der Waals surface area contributed by atoms with Crippen molar-refractivity contribution in [2.45, 2.75) is 19.3 Å². The van der Waals surface area contributed by atoms with Crippen LogP contribution in [0.1, 0.15) is 29.6 Å². The van der Waals surface area contributed by atoms with Gasteiger partial charge in [0.1, 0.15) is 17.7 Å². The lowest BCUT2D eigenvalue weighted by Gasteiger charge is -2.15. The number of carboxylic acids is 1. The summed E-state index contributed by atoms with van der Waals surface area (Å²) in [4.78, 5) is 31.7. The van der Waals surface area contributed by atoms with E-state index in [2.05, 4.69) is 15.3 Å². The van der Waals surface area contributed by atoms with Crippen molar-refractivity contribution in [1.82, 2.24) is 14.9 Å². The molecule has 0 unspecified atom stereocenters. The summed E-state index contributed by atoms with van der Waals surface area (Å²) in [5.41, 5.74) is 0.0553. The number of anilines is 1. The Hall–Kier alpha value is -2.18. The maximum absolute atomic E-state index is 11.4. The Morgan fingerprint density at radius 2 is 2.37 bits per heavy atom. The Balaban J connectivity index is 1.79. The van der Waals surface area contributed by atoms with Crippen molar-refractivity contribution in [2.75, 3.05) is 25.0 Å². The molecule has 1 aliphatic heterocycles. The first-order valence-corrected chi connectivity index (χ1v) is 6.23. The van der Waals surface area contributed by atoms with Crippen LogP contribution in [0.15, 0.2) is 12.5 Å². The van der Waals surface area contributed by atoms with Gasteiger partial charge < -0.3 is 15.3 Å². The van der Waals surface area contributed by atoms with Gasteiger partial charge in [0.2, 0.25) is 5.91 Å². The van der Waals surface area contributed by atoms with Crippen molar-refractivity contribution in [2.24, 2.45) is 0 Å². The zero-order valence-electron chi connectivity index (χ0n) is 10.5. The summed E-state index contributed by atoms with van der Waals surface area (Å²) in [5, 5.41) is 11.9. The van der Waals surface area contributed by atoms with E-state index < -0.39 is 5.97 Å². The Kier molecular flexibility index (Phi) is 4.27. The fourth-order valence-electron chi connectivity index (χ4n) is 2.04. The maximum Gasteiger partial charge on any atom is 0.341 e. The van der Waals surface area contributed by atoms with Crippen LogP contribution in [0.2, 0.25) is 0 Å². The molecule has 1 fully saturated rings. The number of carboxylic acid groups (broad SMARTS) is 1. The second-order valence-electron chi connectivity index (χ2n) is 4.35. The molecule has 7 heteroatoms. The summed E-state index contributed by atoms with van der Waals surface area (Å²) >= 11 is 0. The largest absolute Gasteiger partial charge is 0.477 e. The Morgan fingerprint density at radius 3 is 3.05 bits per heavy atom. The quantitative estimate of drug-likeness (QED) is 0.730. The zero-order valence-corrected chi connectivity index (χ0v) is 10.5. The van der Waals surface area contributed by atoms with Crippen molar-refractivity contribution < 1.29 is 14.7 Å². The number of carbonyl (C=O) groups excluding carboxylic acids is 1. The van der Waals surface area contributed by atoms with Gasteiger partial charge in [-0.25, -0.2) is 14.8 Å². The van der Waals surface area contributed by atoms with Gasteiger partial charge in [-0.1, -0.05) is 0 Å². The zero-order chi connectivity index (χ0) is 13.7. The van der Waals surface area contributed by atoms with Gasteiger partial charge in [-0.05, 0) is 12.8 Å². The highest BCUT2D eigenvalue weighted by atomic mass is 16.4. The summed E-state index contributed by atoms with van der Waals surface area (Å²) in [6.45, 7) is 2.09. The van der Waals surface area contributed by atoms with Crippen LogP contribution in [0.5, 0.6) is 0 Å². The molecule has 1 aromatic rings. The summed E-state index contributed by atoms with van der Waals surface area (Å²) in [7, 11) is 0. The van der Waals surface area contributed by atoms with Crippen LogP contribution in [-0.4, -0.2) is 51.5 Å². The van der Waals surface area contributed by atoms with Gasteiger partial charge in [-0.2, -0.15) is 0 Å². The van der Waals surface area contributed by atoms with E-state index in [9.17, 15) is 9.59 Å². The number of carbonyl (C=O) groups is 2. The normalized spacial score (nSPS) is 14.7. The minimum atomic E-state index is -1.06. The average Bonchev–Trinajstić information content (AvgIpc) is 2.80. The number of hydrogen-bond donors (Lipinski definition) is 2. The lowest BCUT2D eigenvalue weighted by atomic mass is 10.3. The van der Waals surface area contributed by atoms with Crippen molar-refractivity contribution >= 4 is 17.7 Å². The number of nitrogens with zero attached hydrogens (tertiary/aromatic N) is 3. The molecule has 1 aliphatic rings. The van der Waals surface area contributed by atoms with Crippen molar-refractivity contribution in [3.8, 4) is 0 Å². The first-order chi connectivity index (χ1) is 9.18. The Morgan fingerprint density at radius 1 is 1.53 bits per heavy atom. The first kappa shape index (κ1) is 13.3. The molecule has 0 radical (unpaired) electrons. The van der Waals surface area contributed by atoms with E-state index in [1.54, 1.807) is 0 Å². The predicted octanol–water partition coefficient (Wildman–Crippen LogP) is 0.599. The molecule has 1 saturated heterocycles. The lowest BCUT2D eigenvalue weighted by molar-refractivity contribution is -0.127. The van der Waals surface area contributed by atoms with Crippen molar-refractivity contribution in [1.29, 1.82) is 0 Å². The highest BCUT2D eigenvalue weighted by Crippen LogP contribution is 2.11. The summed E-state index contributed by atoms with van der Waals surface area (Å²) < 4.78 is 0. The smallest absolute Gasteiger partial charge is 0.341 e. The van der Waals surface area contributed by atoms with Crippen LogP contribution in [0, 0.1) is 0 Å². The Bertz CT molecular complexity index is 478. The lowest BCUT2D eigenvalue weighted by Crippen LogP contribution is -2.27. The summed E-state index contributed by atoms with van der Waals surface area (Å²) in [6.07, 6.45) is 4.90. The standard InChI is InChI=1S/C12H16N4O3/c17-10-3-1-5-16(10)6-2-4-14-11-9(12(18)19)7-13-8-15-11/h7-8H,1-6H2,(H,18,19)(H,13,14,15). The van der Waals surface area contributed by atoms with Gasteiger partial charge in [0.25, 0.3) is 0 Å². The van der Waals surface area contributed by atoms with Crippen LogP contribution < -0.4 is 5.32 Å². The van der Waals surface area contributed by atoms with Gasteiger partial charge >= 0.3 is 5.97 Å². The molecule has 1 amide bonds. The number of rotatable bonds is 6. The van der Waals surface area contributed by atoms with E-state index in [0.29, 0.717) is 25.3 Å². The van der Waals surface area contributed by atoms with Crippen molar-refractivity contribution in [3.63, 3.8) is 0 Å². The summed E-state index contributed by atoms with van der Waals surface area (Å²) in [5.74, 6) is -0.540. The summed E-state index contributed by atoms with van der Waals surface area (Å²) in [6, 6.07) is 0. The van der Waals surface area contributed by atoms with Gasteiger partial charge in [0.15, 0.2) is 0 Å². The third kappa shape index (κ3) is 3.40. The van der Waals surface area contributed by atoms with Gasteiger partial charge in [-0.3, -0.25) is 4.79 Å². The highest BCUT2D eigenvalue weighted by molar-refractivity contribution is 5.92. The molecule has 0 bridgehead atoms. The molecule has 2 rings (SSSR count). The molecule has 2 N–H and O–H groups in total. The minimum absolute atomic E-state index is 0.0553. The Labute approximate surface area is 110 Å². The molecule has 0 spiro atoms.